The number of allylic oxidation sites excluding steroid dienone is 4. The first-order chi connectivity index (χ1) is 15.1. The smallest absolute Gasteiger partial charge is 0.341 e. The number of hydrogen-bond acceptors (Lipinski definition) is 5. The second-order valence-electron chi connectivity index (χ2n) is 9.99. The number of ether oxygens (including phenoxy) is 2. The maximum Gasteiger partial charge on any atom is 0.341 e. The summed E-state index contributed by atoms with van der Waals surface area (Å²) in [5.74, 6) is 0.124. The van der Waals surface area contributed by atoms with Gasteiger partial charge < -0.3 is 24.0 Å². The van der Waals surface area contributed by atoms with Gasteiger partial charge in [0.25, 0.3) is 0 Å². The molecule has 0 spiro atoms. The number of fused-ring (bicyclic) bond motifs is 1. The van der Waals surface area contributed by atoms with Crippen LogP contribution in [0.25, 0.3) is 5.70 Å². The molecule has 7 nitrogen and oxygen atoms in total. The topological polar surface area (TPSA) is 81.0 Å². The number of aromatic carboxylic acids is 1. The van der Waals surface area contributed by atoms with Crippen LogP contribution in [0.2, 0.25) is 0 Å². The van der Waals surface area contributed by atoms with Crippen molar-refractivity contribution in [2.24, 2.45) is 11.3 Å². The highest BCUT2D eigenvalue weighted by Crippen LogP contribution is 2.41. The highest BCUT2D eigenvalue weighted by Gasteiger charge is 2.36. The predicted octanol–water partition coefficient (Wildman–Crippen LogP) is 3.69. The molecule has 0 saturated carbocycles. The van der Waals surface area contributed by atoms with E-state index in [2.05, 4.69) is 31.7 Å². The standard InChI is InChI=1S/C25H32N2O5/c1-25(2,3)22-13-26(4)23(20-11-21(28)19(24(29)30)12-27(20)22)17-6-5-7-18(10-17)32-15-16-8-9-31-14-16/h5-7,11-12,16,22H,8-10,13-15H2,1-4H3,(H,29,30)/b23-17-. The van der Waals surface area contributed by atoms with Gasteiger partial charge in [-0.15, -0.1) is 0 Å². The van der Waals surface area contributed by atoms with Crippen LogP contribution in [0.5, 0.6) is 0 Å². The Balaban J connectivity index is 1.72. The number of hydrogen-bond donors (Lipinski definition) is 1. The van der Waals surface area contributed by atoms with Crippen molar-refractivity contribution in [3.05, 3.63) is 63.3 Å². The van der Waals surface area contributed by atoms with Gasteiger partial charge in [-0.25, -0.2) is 4.79 Å². The Morgan fingerprint density at radius 3 is 2.78 bits per heavy atom. The quantitative estimate of drug-likeness (QED) is 0.769. The van der Waals surface area contributed by atoms with Crippen molar-refractivity contribution in [2.45, 2.75) is 39.7 Å². The van der Waals surface area contributed by atoms with E-state index in [1.54, 1.807) is 0 Å². The molecular formula is C25H32N2O5. The van der Waals surface area contributed by atoms with Gasteiger partial charge in [0, 0.05) is 44.8 Å². The number of pyridine rings is 1. The summed E-state index contributed by atoms with van der Waals surface area (Å²) in [4.78, 5) is 26.5. The van der Waals surface area contributed by atoms with Crippen LogP contribution in [0.4, 0.5) is 0 Å². The zero-order chi connectivity index (χ0) is 23.0. The summed E-state index contributed by atoms with van der Waals surface area (Å²) in [6.45, 7) is 9.30. The fraction of sp³-hybridized carbons (Fsp3) is 0.520. The second-order valence-corrected chi connectivity index (χ2v) is 9.99. The molecule has 1 aromatic rings. The van der Waals surface area contributed by atoms with Gasteiger partial charge in [-0.1, -0.05) is 32.9 Å². The Kier molecular flexibility index (Phi) is 6.03. The van der Waals surface area contributed by atoms with Crippen molar-refractivity contribution >= 4 is 11.7 Å². The van der Waals surface area contributed by atoms with Gasteiger partial charge in [0.1, 0.15) is 11.3 Å². The maximum atomic E-state index is 12.6. The lowest BCUT2D eigenvalue weighted by Gasteiger charge is -2.44. The maximum absolute atomic E-state index is 12.6. The molecule has 3 heterocycles. The first-order valence-corrected chi connectivity index (χ1v) is 11.2. The minimum atomic E-state index is -1.20. The molecule has 172 valence electrons. The van der Waals surface area contributed by atoms with Gasteiger partial charge in [0.2, 0.25) is 0 Å². The molecule has 1 fully saturated rings. The normalized spacial score (nSPS) is 25.5. The average Bonchev–Trinajstić information content (AvgIpc) is 3.24. The fourth-order valence-electron chi connectivity index (χ4n) is 4.67. The summed E-state index contributed by atoms with van der Waals surface area (Å²) in [7, 11) is 2.03. The molecule has 7 heteroatoms. The van der Waals surface area contributed by atoms with Crippen LogP contribution >= 0.6 is 0 Å². The average molecular weight is 441 g/mol. The zero-order valence-electron chi connectivity index (χ0n) is 19.3. The van der Waals surface area contributed by atoms with E-state index in [1.807, 2.05) is 23.8 Å². The van der Waals surface area contributed by atoms with E-state index in [4.69, 9.17) is 9.47 Å². The van der Waals surface area contributed by atoms with Crippen molar-refractivity contribution < 1.29 is 19.4 Å². The van der Waals surface area contributed by atoms with Crippen LogP contribution in [0.1, 0.15) is 55.7 Å². The van der Waals surface area contributed by atoms with Gasteiger partial charge in [0.15, 0.2) is 5.43 Å². The van der Waals surface area contributed by atoms with Gasteiger partial charge in [-0.3, -0.25) is 4.79 Å². The Labute approximate surface area is 188 Å². The highest BCUT2D eigenvalue weighted by molar-refractivity contribution is 5.87. The number of rotatable bonds is 4. The van der Waals surface area contributed by atoms with E-state index in [-0.39, 0.29) is 17.0 Å². The van der Waals surface area contributed by atoms with E-state index in [9.17, 15) is 14.7 Å². The van der Waals surface area contributed by atoms with Gasteiger partial charge in [-0.2, -0.15) is 0 Å². The molecule has 1 aromatic heterocycles. The highest BCUT2D eigenvalue weighted by atomic mass is 16.5. The van der Waals surface area contributed by atoms with Crippen molar-refractivity contribution in [3.63, 3.8) is 0 Å². The summed E-state index contributed by atoms with van der Waals surface area (Å²) >= 11 is 0. The second kappa shape index (κ2) is 8.62. The number of aromatic nitrogens is 1. The van der Waals surface area contributed by atoms with Crippen molar-refractivity contribution in [1.82, 2.24) is 9.47 Å². The van der Waals surface area contributed by atoms with E-state index < -0.39 is 11.4 Å². The largest absolute Gasteiger partial charge is 0.497 e. The number of carboxylic acids is 1. The summed E-state index contributed by atoms with van der Waals surface area (Å²) in [6, 6.07) is 1.50. The lowest BCUT2D eigenvalue weighted by Crippen LogP contribution is -2.42. The summed E-state index contributed by atoms with van der Waals surface area (Å²) < 4.78 is 13.5. The first kappa shape index (κ1) is 22.4. The number of carboxylic acid groups (broad SMARTS) is 1. The molecule has 1 saturated heterocycles. The molecular weight excluding hydrogens is 408 g/mol. The molecule has 3 aliphatic rings. The predicted molar refractivity (Wildman–Crippen MR) is 122 cm³/mol. The van der Waals surface area contributed by atoms with Crippen molar-refractivity contribution in [3.8, 4) is 0 Å². The van der Waals surface area contributed by atoms with Crippen LogP contribution in [0.3, 0.4) is 0 Å². The van der Waals surface area contributed by atoms with Crippen molar-refractivity contribution in [1.29, 1.82) is 0 Å². The fourth-order valence-corrected chi connectivity index (χ4v) is 4.67. The van der Waals surface area contributed by atoms with Crippen LogP contribution < -0.4 is 5.43 Å². The Hall–Kier alpha value is -2.80. The first-order valence-electron chi connectivity index (χ1n) is 11.2. The molecule has 4 rings (SSSR count). The van der Waals surface area contributed by atoms with Crippen LogP contribution in [-0.4, -0.2) is 54.0 Å². The third-order valence-electron chi connectivity index (χ3n) is 6.49. The molecule has 0 bridgehead atoms. The number of carbonyl (C=O) groups is 1. The SMILES string of the molecule is CN1CC(C(C)(C)C)n2cc(C(=O)O)c(=O)cc2/C1=C1\C=CC=C(OCC2CCOC2)C1. The summed E-state index contributed by atoms with van der Waals surface area (Å²) in [5, 5.41) is 9.53. The summed E-state index contributed by atoms with van der Waals surface area (Å²) in [5.41, 5.74) is 1.95. The molecule has 1 aliphatic carbocycles. The van der Waals surface area contributed by atoms with Crippen LogP contribution in [0.15, 0.2) is 46.6 Å². The Morgan fingerprint density at radius 2 is 2.12 bits per heavy atom. The molecule has 0 amide bonds. The van der Waals surface area contributed by atoms with E-state index in [0.29, 0.717) is 25.5 Å². The monoisotopic (exact) mass is 440 g/mol. The Morgan fingerprint density at radius 1 is 1.34 bits per heavy atom. The lowest BCUT2D eigenvalue weighted by atomic mass is 9.83. The van der Waals surface area contributed by atoms with E-state index in [1.165, 1.54) is 12.3 Å². The van der Waals surface area contributed by atoms with E-state index in [0.717, 1.165) is 42.4 Å². The molecule has 2 aliphatic heterocycles. The van der Waals surface area contributed by atoms with Crippen LogP contribution in [0, 0.1) is 11.3 Å². The number of nitrogens with zero attached hydrogens (tertiary/aromatic N) is 2. The minimum Gasteiger partial charge on any atom is -0.497 e. The lowest BCUT2D eigenvalue weighted by molar-refractivity contribution is 0.0693. The molecule has 32 heavy (non-hydrogen) atoms. The minimum absolute atomic E-state index is 0.0201. The summed E-state index contributed by atoms with van der Waals surface area (Å²) in [6.07, 6.45) is 9.18. The Bertz CT molecular complexity index is 1050. The molecule has 2 atom stereocenters. The van der Waals surface area contributed by atoms with Crippen molar-refractivity contribution in [2.75, 3.05) is 33.4 Å². The van der Waals surface area contributed by atoms with Gasteiger partial charge >= 0.3 is 5.97 Å². The van der Waals surface area contributed by atoms with E-state index >= 15 is 0 Å². The van der Waals surface area contributed by atoms with Gasteiger partial charge in [0.05, 0.1) is 30.6 Å². The van der Waals surface area contributed by atoms with Crippen LogP contribution in [-0.2, 0) is 9.47 Å². The molecule has 0 radical (unpaired) electrons. The molecule has 0 aromatic carbocycles. The van der Waals surface area contributed by atoms with Gasteiger partial charge in [-0.05, 0) is 23.5 Å². The molecule has 2 unspecified atom stereocenters. The zero-order valence-corrected chi connectivity index (χ0v) is 19.3. The number of likely N-dealkylation sites (N-methyl/N-ethyl adjacent to an activating group) is 1. The third-order valence-corrected chi connectivity index (χ3v) is 6.49. The molecule has 1 N–H and O–H groups in total. The third kappa shape index (κ3) is 4.39.